The Morgan fingerprint density at radius 1 is 1.00 bits per heavy atom. The lowest BCUT2D eigenvalue weighted by Crippen LogP contribution is -2.41. The van der Waals surface area contributed by atoms with E-state index in [1.165, 1.54) is 0 Å². The van der Waals surface area contributed by atoms with E-state index in [-0.39, 0.29) is 18.7 Å². The molecular weight excluding hydrogens is 356 g/mol. The van der Waals surface area contributed by atoms with Crippen LogP contribution in [0.2, 0.25) is 0 Å². The first kappa shape index (κ1) is 21.6. The van der Waals surface area contributed by atoms with Crippen molar-refractivity contribution in [2.45, 2.75) is 39.2 Å². The Morgan fingerprint density at radius 2 is 1.68 bits per heavy atom. The number of carbonyl (C=O) groups excluding carboxylic acids is 1. The van der Waals surface area contributed by atoms with Gasteiger partial charge in [0.1, 0.15) is 0 Å². The molecule has 2 rings (SSSR count). The number of amides is 2. The minimum absolute atomic E-state index is 0.142. The summed E-state index contributed by atoms with van der Waals surface area (Å²) < 4.78 is 11.5. The van der Waals surface area contributed by atoms with E-state index in [4.69, 9.17) is 9.47 Å². The third kappa shape index (κ3) is 7.12. The van der Waals surface area contributed by atoms with Gasteiger partial charge in [-0.1, -0.05) is 44.2 Å². The topological polar surface area (TPSA) is 79.8 Å². The minimum atomic E-state index is -0.376. The van der Waals surface area contributed by atoms with Gasteiger partial charge in [0.25, 0.3) is 0 Å². The van der Waals surface area contributed by atoms with Crippen molar-refractivity contribution >= 4 is 11.7 Å². The molecule has 6 nitrogen and oxygen atoms in total. The van der Waals surface area contributed by atoms with Gasteiger partial charge in [-0.15, -0.1) is 0 Å². The number of hydrogen-bond acceptors (Lipinski definition) is 4. The fraction of sp³-hybridized carbons (Fsp3) is 0.409. The Morgan fingerprint density at radius 3 is 2.32 bits per heavy atom. The third-order valence-corrected chi connectivity index (χ3v) is 4.01. The third-order valence-electron chi connectivity index (χ3n) is 4.01. The molecule has 0 aliphatic heterocycles. The van der Waals surface area contributed by atoms with Crippen LogP contribution in [0.5, 0.6) is 11.5 Å². The van der Waals surface area contributed by atoms with Crippen molar-refractivity contribution in [1.82, 2.24) is 5.32 Å². The van der Waals surface area contributed by atoms with Crippen LogP contribution < -0.4 is 20.1 Å². The number of ether oxygens (including phenoxy) is 2. The largest absolute Gasteiger partial charge is 0.490 e. The summed E-state index contributed by atoms with van der Waals surface area (Å²) in [6.07, 6.45) is 2.34. The molecular formula is C22H30N2O4. The van der Waals surface area contributed by atoms with Crippen LogP contribution in [-0.2, 0) is 6.42 Å². The molecule has 0 aliphatic carbocycles. The average molecular weight is 386 g/mol. The van der Waals surface area contributed by atoms with Gasteiger partial charge in [0.05, 0.1) is 25.9 Å². The number of urea groups is 1. The van der Waals surface area contributed by atoms with Gasteiger partial charge in [0.15, 0.2) is 11.5 Å². The first-order valence-electron chi connectivity index (χ1n) is 9.78. The monoisotopic (exact) mass is 386 g/mol. The van der Waals surface area contributed by atoms with Crippen molar-refractivity contribution in [2.24, 2.45) is 0 Å². The molecule has 0 saturated heterocycles. The molecule has 2 amide bonds. The number of rotatable bonds is 11. The van der Waals surface area contributed by atoms with E-state index in [1.807, 2.05) is 44.2 Å². The van der Waals surface area contributed by atoms with Crippen LogP contribution in [0.4, 0.5) is 10.5 Å². The van der Waals surface area contributed by atoms with Crippen LogP contribution in [0.3, 0.4) is 0 Å². The molecule has 1 unspecified atom stereocenters. The zero-order valence-corrected chi connectivity index (χ0v) is 16.6. The Balaban J connectivity index is 1.99. The fourth-order valence-corrected chi connectivity index (χ4v) is 2.65. The molecule has 0 aromatic heterocycles. The summed E-state index contributed by atoms with van der Waals surface area (Å²) in [4.78, 5) is 12.3. The molecule has 0 spiro atoms. The van der Waals surface area contributed by atoms with Crippen LogP contribution in [0.15, 0.2) is 48.5 Å². The zero-order valence-electron chi connectivity index (χ0n) is 16.6. The van der Waals surface area contributed by atoms with Crippen LogP contribution in [0.25, 0.3) is 0 Å². The molecule has 0 fully saturated rings. The summed E-state index contributed by atoms with van der Waals surface area (Å²) in [5, 5.41) is 15.2. The van der Waals surface area contributed by atoms with Gasteiger partial charge < -0.3 is 25.2 Å². The molecule has 2 aromatic carbocycles. The maximum Gasteiger partial charge on any atom is 0.319 e. The van der Waals surface area contributed by atoms with Gasteiger partial charge in [-0.05, 0) is 37.0 Å². The molecule has 0 radical (unpaired) electrons. The quantitative estimate of drug-likeness (QED) is 0.546. The summed E-state index contributed by atoms with van der Waals surface area (Å²) in [7, 11) is 0. The second-order valence-corrected chi connectivity index (χ2v) is 6.53. The van der Waals surface area contributed by atoms with Crippen molar-refractivity contribution in [2.75, 3.05) is 25.1 Å². The minimum Gasteiger partial charge on any atom is -0.490 e. The number of nitrogens with one attached hydrogen (secondary N) is 2. The van der Waals surface area contributed by atoms with Gasteiger partial charge in [0, 0.05) is 11.8 Å². The van der Waals surface area contributed by atoms with Crippen molar-refractivity contribution in [3.63, 3.8) is 0 Å². The first-order chi connectivity index (χ1) is 13.7. The predicted molar refractivity (Wildman–Crippen MR) is 111 cm³/mol. The Labute approximate surface area is 166 Å². The Bertz CT molecular complexity index is 722. The second kappa shape index (κ2) is 11.9. The lowest BCUT2D eigenvalue weighted by Gasteiger charge is -2.18. The van der Waals surface area contributed by atoms with E-state index in [0.29, 0.717) is 36.8 Å². The van der Waals surface area contributed by atoms with Crippen molar-refractivity contribution in [3.8, 4) is 11.5 Å². The molecule has 0 saturated carbocycles. The highest BCUT2D eigenvalue weighted by molar-refractivity contribution is 5.89. The van der Waals surface area contributed by atoms with Gasteiger partial charge in [-0.2, -0.15) is 0 Å². The Hall–Kier alpha value is -2.73. The number of aliphatic hydroxyl groups excluding tert-OH is 1. The summed E-state index contributed by atoms with van der Waals surface area (Å²) in [5.41, 5.74) is 1.65. The molecule has 2 aromatic rings. The molecule has 0 aliphatic rings. The molecule has 0 heterocycles. The van der Waals surface area contributed by atoms with Crippen LogP contribution >= 0.6 is 0 Å². The maximum atomic E-state index is 12.3. The number of hydrogen-bond donors (Lipinski definition) is 3. The average Bonchev–Trinajstić information content (AvgIpc) is 2.71. The second-order valence-electron chi connectivity index (χ2n) is 6.53. The first-order valence-corrected chi connectivity index (χ1v) is 9.78. The fourth-order valence-electron chi connectivity index (χ4n) is 2.65. The predicted octanol–water partition coefficient (Wildman–Crippen LogP) is 3.99. The number of benzene rings is 2. The highest BCUT2D eigenvalue weighted by Crippen LogP contribution is 2.31. The van der Waals surface area contributed by atoms with E-state index >= 15 is 0 Å². The summed E-state index contributed by atoms with van der Waals surface area (Å²) in [6.45, 7) is 5.11. The van der Waals surface area contributed by atoms with Gasteiger partial charge in [0.2, 0.25) is 0 Å². The van der Waals surface area contributed by atoms with Gasteiger partial charge in [-0.3, -0.25) is 0 Å². The smallest absolute Gasteiger partial charge is 0.319 e. The molecule has 6 heteroatoms. The molecule has 1 atom stereocenters. The van der Waals surface area contributed by atoms with Gasteiger partial charge in [-0.25, -0.2) is 4.79 Å². The highest BCUT2D eigenvalue weighted by Gasteiger charge is 2.13. The zero-order chi connectivity index (χ0) is 20.2. The molecule has 152 valence electrons. The van der Waals surface area contributed by atoms with E-state index in [1.54, 1.807) is 18.2 Å². The molecule has 28 heavy (non-hydrogen) atoms. The van der Waals surface area contributed by atoms with Crippen LogP contribution in [0.1, 0.15) is 32.3 Å². The summed E-state index contributed by atoms with van der Waals surface area (Å²) >= 11 is 0. The Kier molecular flexibility index (Phi) is 9.15. The highest BCUT2D eigenvalue weighted by atomic mass is 16.5. The van der Waals surface area contributed by atoms with Crippen LogP contribution in [-0.4, -0.2) is 37.0 Å². The lowest BCUT2D eigenvalue weighted by molar-refractivity contribution is 0.224. The number of anilines is 1. The standard InChI is InChI=1S/C22H30N2O4/c1-3-12-27-20-11-10-18(15-21(20)28-13-4-2)23-22(26)24-19(16-25)14-17-8-6-5-7-9-17/h5-11,15,19,25H,3-4,12-14,16H2,1-2H3,(H2,23,24,26). The van der Waals surface area contributed by atoms with Crippen molar-refractivity contribution in [1.29, 1.82) is 0 Å². The van der Waals surface area contributed by atoms with E-state index < -0.39 is 0 Å². The SMILES string of the molecule is CCCOc1ccc(NC(=O)NC(CO)Cc2ccccc2)cc1OCCC. The van der Waals surface area contributed by atoms with E-state index in [0.717, 1.165) is 18.4 Å². The van der Waals surface area contributed by atoms with E-state index in [9.17, 15) is 9.90 Å². The van der Waals surface area contributed by atoms with Crippen molar-refractivity contribution < 1.29 is 19.4 Å². The van der Waals surface area contributed by atoms with Crippen molar-refractivity contribution in [3.05, 3.63) is 54.1 Å². The van der Waals surface area contributed by atoms with Crippen LogP contribution in [0, 0.1) is 0 Å². The van der Waals surface area contributed by atoms with E-state index in [2.05, 4.69) is 10.6 Å². The molecule has 0 bridgehead atoms. The number of aliphatic hydroxyl groups is 1. The normalized spacial score (nSPS) is 11.5. The maximum absolute atomic E-state index is 12.3. The lowest BCUT2D eigenvalue weighted by atomic mass is 10.1. The number of carbonyl (C=O) groups is 1. The van der Waals surface area contributed by atoms with Gasteiger partial charge >= 0.3 is 6.03 Å². The summed E-state index contributed by atoms with van der Waals surface area (Å²) in [6, 6.07) is 14.3. The summed E-state index contributed by atoms with van der Waals surface area (Å²) in [5.74, 6) is 1.27. The molecule has 3 N–H and O–H groups in total.